The molecule has 0 unspecified atom stereocenters. The molecule has 1 heterocycles. The van der Waals surface area contributed by atoms with Crippen LogP contribution >= 0.6 is 11.3 Å². The SMILES string of the molecule is O=C(NCc1ccc(F)cc1)c1cc2cc([N+](=O)[O-])ccc2s1. The molecular formula is C16H11FN2O3S. The van der Waals surface area contributed by atoms with E-state index in [0.29, 0.717) is 10.3 Å². The largest absolute Gasteiger partial charge is 0.347 e. The summed E-state index contributed by atoms with van der Waals surface area (Å²) in [6, 6.07) is 12.0. The van der Waals surface area contributed by atoms with Crippen molar-refractivity contribution in [1.29, 1.82) is 0 Å². The maximum absolute atomic E-state index is 12.8. The first kappa shape index (κ1) is 15.1. The molecule has 0 saturated heterocycles. The first-order valence-electron chi connectivity index (χ1n) is 6.73. The Hall–Kier alpha value is -2.80. The molecule has 0 saturated carbocycles. The summed E-state index contributed by atoms with van der Waals surface area (Å²) in [6.07, 6.45) is 0. The Bertz CT molecular complexity index is 890. The van der Waals surface area contributed by atoms with E-state index in [2.05, 4.69) is 5.32 Å². The average molecular weight is 330 g/mol. The molecule has 0 fully saturated rings. The van der Waals surface area contributed by atoms with Gasteiger partial charge in [-0.2, -0.15) is 0 Å². The number of fused-ring (bicyclic) bond motifs is 1. The van der Waals surface area contributed by atoms with Crippen molar-refractivity contribution >= 4 is 33.0 Å². The van der Waals surface area contributed by atoms with Crippen molar-refractivity contribution in [2.24, 2.45) is 0 Å². The predicted molar refractivity (Wildman–Crippen MR) is 86.0 cm³/mol. The Morgan fingerprint density at radius 3 is 2.61 bits per heavy atom. The zero-order chi connectivity index (χ0) is 16.4. The summed E-state index contributed by atoms with van der Waals surface area (Å²) >= 11 is 1.27. The van der Waals surface area contributed by atoms with Crippen molar-refractivity contribution in [2.45, 2.75) is 6.54 Å². The van der Waals surface area contributed by atoms with Gasteiger partial charge in [0.15, 0.2) is 0 Å². The highest BCUT2D eigenvalue weighted by Gasteiger charge is 2.13. The first-order chi connectivity index (χ1) is 11.0. The Morgan fingerprint density at radius 1 is 1.17 bits per heavy atom. The van der Waals surface area contributed by atoms with E-state index in [4.69, 9.17) is 0 Å². The number of carbonyl (C=O) groups is 1. The second-order valence-electron chi connectivity index (χ2n) is 4.90. The molecular weight excluding hydrogens is 319 g/mol. The van der Waals surface area contributed by atoms with Crippen molar-refractivity contribution < 1.29 is 14.1 Å². The standard InChI is InChI=1S/C16H11FN2O3S/c17-12-3-1-10(2-4-12)9-18-16(20)15-8-11-7-13(19(21)22)5-6-14(11)23-15/h1-8H,9H2,(H,18,20). The van der Waals surface area contributed by atoms with Gasteiger partial charge < -0.3 is 5.32 Å². The molecule has 1 amide bonds. The molecule has 3 rings (SSSR count). The molecule has 0 bridgehead atoms. The van der Waals surface area contributed by atoms with Gasteiger partial charge >= 0.3 is 0 Å². The maximum Gasteiger partial charge on any atom is 0.270 e. The van der Waals surface area contributed by atoms with Crippen molar-refractivity contribution in [3.63, 3.8) is 0 Å². The van der Waals surface area contributed by atoms with Gasteiger partial charge in [0.25, 0.3) is 11.6 Å². The van der Waals surface area contributed by atoms with Crippen LogP contribution in [-0.2, 0) is 6.54 Å². The summed E-state index contributed by atoms with van der Waals surface area (Å²) in [7, 11) is 0. The normalized spacial score (nSPS) is 10.7. The Balaban J connectivity index is 1.75. The molecule has 1 aromatic heterocycles. The van der Waals surface area contributed by atoms with Crippen LogP contribution in [0.3, 0.4) is 0 Å². The molecule has 23 heavy (non-hydrogen) atoms. The number of carbonyl (C=O) groups excluding carboxylic acids is 1. The van der Waals surface area contributed by atoms with E-state index in [-0.39, 0.29) is 24.0 Å². The summed E-state index contributed by atoms with van der Waals surface area (Å²) in [5.74, 6) is -0.593. The molecule has 0 aliphatic heterocycles. The van der Waals surface area contributed by atoms with Crippen LogP contribution in [0.4, 0.5) is 10.1 Å². The van der Waals surface area contributed by atoms with Crippen LogP contribution in [0.15, 0.2) is 48.5 Å². The molecule has 3 aromatic rings. The molecule has 0 spiro atoms. The molecule has 0 aliphatic rings. The van der Waals surface area contributed by atoms with Gasteiger partial charge in [-0.1, -0.05) is 12.1 Å². The second kappa shape index (κ2) is 6.13. The van der Waals surface area contributed by atoms with E-state index in [1.807, 2.05) is 0 Å². The second-order valence-corrected chi connectivity index (χ2v) is 5.98. The number of hydrogen-bond acceptors (Lipinski definition) is 4. The lowest BCUT2D eigenvalue weighted by Crippen LogP contribution is -2.21. The molecule has 116 valence electrons. The number of nitro benzene ring substituents is 1. The summed E-state index contributed by atoms with van der Waals surface area (Å²) in [5.41, 5.74) is 0.782. The fourth-order valence-corrected chi connectivity index (χ4v) is 3.09. The van der Waals surface area contributed by atoms with E-state index in [1.165, 1.54) is 35.6 Å². The average Bonchev–Trinajstić information content (AvgIpc) is 2.97. The lowest BCUT2D eigenvalue weighted by atomic mass is 10.2. The molecule has 0 radical (unpaired) electrons. The maximum atomic E-state index is 12.8. The highest BCUT2D eigenvalue weighted by atomic mass is 32.1. The van der Waals surface area contributed by atoms with Crippen molar-refractivity contribution in [1.82, 2.24) is 5.32 Å². The Labute approximate surface area is 134 Å². The van der Waals surface area contributed by atoms with Crippen molar-refractivity contribution in [3.8, 4) is 0 Å². The van der Waals surface area contributed by atoms with E-state index in [1.54, 1.807) is 24.3 Å². The van der Waals surface area contributed by atoms with Crippen molar-refractivity contribution in [2.75, 3.05) is 0 Å². The highest BCUT2D eigenvalue weighted by molar-refractivity contribution is 7.20. The van der Waals surface area contributed by atoms with Gasteiger partial charge in [0.2, 0.25) is 0 Å². The smallest absolute Gasteiger partial charge is 0.270 e. The van der Waals surface area contributed by atoms with Crippen LogP contribution in [0.5, 0.6) is 0 Å². The van der Waals surface area contributed by atoms with Crippen LogP contribution in [0.25, 0.3) is 10.1 Å². The fraction of sp³-hybridized carbons (Fsp3) is 0.0625. The fourth-order valence-electron chi connectivity index (χ4n) is 2.13. The molecule has 0 aliphatic carbocycles. The zero-order valence-corrected chi connectivity index (χ0v) is 12.6. The van der Waals surface area contributed by atoms with Gasteiger partial charge in [-0.05, 0) is 29.8 Å². The summed E-state index contributed by atoms with van der Waals surface area (Å²) in [6.45, 7) is 0.285. The minimum atomic E-state index is -0.467. The number of halogens is 1. The van der Waals surface area contributed by atoms with E-state index < -0.39 is 4.92 Å². The number of hydrogen-bond donors (Lipinski definition) is 1. The minimum absolute atomic E-state index is 0.00595. The van der Waals surface area contributed by atoms with Gasteiger partial charge in [-0.25, -0.2) is 4.39 Å². The Kier molecular flexibility index (Phi) is 4.03. The van der Waals surface area contributed by atoms with Gasteiger partial charge in [0, 0.05) is 28.8 Å². The summed E-state index contributed by atoms with van der Waals surface area (Å²) < 4.78 is 13.6. The number of benzene rings is 2. The number of nitro groups is 1. The monoisotopic (exact) mass is 330 g/mol. The molecule has 2 aromatic carbocycles. The van der Waals surface area contributed by atoms with Crippen LogP contribution in [0.2, 0.25) is 0 Å². The van der Waals surface area contributed by atoms with Gasteiger partial charge in [0.05, 0.1) is 9.80 Å². The summed E-state index contributed by atoms with van der Waals surface area (Å²) in [5, 5.41) is 14.2. The van der Waals surface area contributed by atoms with Gasteiger partial charge in [0.1, 0.15) is 5.82 Å². The molecule has 0 atom stereocenters. The van der Waals surface area contributed by atoms with E-state index in [0.717, 1.165) is 10.3 Å². The van der Waals surface area contributed by atoms with E-state index >= 15 is 0 Å². The lowest BCUT2D eigenvalue weighted by molar-refractivity contribution is -0.384. The third kappa shape index (κ3) is 3.35. The highest BCUT2D eigenvalue weighted by Crippen LogP contribution is 2.28. The topological polar surface area (TPSA) is 72.2 Å². The quantitative estimate of drug-likeness (QED) is 0.583. The van der Waals surface area contributed by atoms with Crippen LogP contribution in [-0.4, -0.2) is 10.8 Å². The Morgan fingerprint density at radius 2 is 1.91 bits per heavy atom. The number of rotatable bonds is 4. The zero-order valence-electron chi connectivity index (χ0n) is 11.8. The third-order valence-corrected chi connectivity index (χ3v) is 4.42. The molecule has 7 heteroatoms. The third-order valence-electron chi connectivity index (χ3n) is 3.30. The lowest BCUT2D eigenvalue weighted by Gasteiger charge is -2.03. The number of non-ortho nitro benzene ring substituents is 1. The van der Waals surface area contributed by atoms with Crippen molar-refractivity contribution in [3.05, 3.63) is 74.9 Å². The number of nitrogens with zero attached hydrogens (tertiary/aromatic N) is 1. The van der Waals surface area contributed by atoms with Gasteiger partial charge in [-0.15, -0.1) is 11.3 Å². The van der Waals surface area contributed by atoms with Crippen LogP contribution < -0.4 is 5.32 Å². The first-order valence-corrected chi connectivity index (χ1v) is 7.55. The predicted octanol–water partition coefficient (Wildman–Crippen LogP) is 3.88. The molecule has 1 N–H and O–H groups in total. The summed E-state index contributed by atoms with van der Waals surface area (Å²) in [4.78, 5) is 22.9. The number of nitrogens with one attached hydrogen (secondary N) is 1. The molecule has 5 nitrogen and oxygen atoms in total. The van der Waals surface area contributed by atoms with Crippen LogP contribution in [0, 0.1) is 15.9 Å². The number of amides is 1. The van der Waals surface area contributed by atoms with Gasteiger partial charge in [-0.3, -0.25) is 14.9 Å². The number of thiophene rings is 1. The van der Waals surface area contributed by atoms with E-state index in [9.17, 15) is 19.3 Å². The van der Waals surface area contributed by atoms with Crippen LogP contribution in [0.1, 0.15) is 15.2 Å². The minimum Gasteiger partial charge on any atom is -0.347 e.